The number of benzene rings is 1. The highest BCUT2D eigenvalue weighted by molar-refractivity contribution is 5.19. The molecule has 1 aromatic rings. The van der Waals surface area contributed by atoms with Crippen molar-refractivity contribution in [1.82, 2.24) is 0 Å². The Morgan fingerprint density at radius 2 is 2.00 bits per heavy atom. The maximum atomic E-state index is 10.3. The first-order chi connectivity index (χ1) is 9.13. The van der Waals surface area contributed by atoms with Crippen LogP contribution >= 0.6 is 0 Å². The van der Waals surface area contributed by atoms with E-state index in [0.717, 1.165) is 0 Å². The van der Waals surface area contributed by atoms with Crippen molar-refractivity contribution in [1.29, 1.82) is 0 Å². The molecule has 0 spiro atoms. The molecule has 1 saturated heterocycles. The van der Waals surface area contributed by atoms with E-state index >= 15 is 0 Å². The van der Waals surface area contributed by atoms with Gasteiger partial charge in [-0.1, -0.05) is 30.3 Å². The lowest BCUT2D eigenvalue weighted by molar-refractivity contribution is -0.269. The molecule has 0 aliphatic carbocycles. The normalized spacial score (nSPS) is 33.1. The summed E-state index contributed by atoms with van der Waals surface area (Å²) in [6.45, 7) is 2.27. The van der Waals surface area contributed by atoms with Crippen LogP contribution in [0.2, 0.25) is 0 Å². The van der Waals surface area contributed by atoms with E-state index in [0.29, 0.717) is 12.2 Å². The molecule has 106 valence electrons. The van der Waals surface area contributed by atoms with Crippen molar-refractivity contribution in [2.24, 2.45) is 0 Å². The van der Waals surface area contributed by atoms with Crippen LogP contribution in [0.15, 0.2) is 30.3 Å². The Labute approximate surface area is 112 Å². The van der Waals surface area contributed by atoms with Gasteiger partial charge < -0.3 is 24.8 Å². The first-order valence-electron chi connectivity index (χ1n) is 6.49. The second-order valence-corrected chi connectivity index (χ2v) is 4.63. The molecule has 19 heavy (non-hydrogen) atoms. The summed E-state index contributed by atoms with van der Waals surface area (Å²) in [5, 5.41) is 30.1. The van der Waals surface area contributed by atoms with Crippen LogP contribution in [-0.2, 0) is 9.47 Å². The van der Waals surface area contributed by atoms with E-state index in [1.54, 1.807) is 24.3 Å². The Bertz CT molecular complexity index is 383. The van der Waals surface area contributed by atoms with Gasteiger partial charge in [-0.05, 0) is 12.5 Å². The third kappa shape index (κ3) is 3.32. The van der Waals surface area contributed by atoms with Gasteiger partial charge in [-0.3, -0.25) is 0 Å². The monoisotopic (exact) mass is 268 g/mol. The molecule has 1 aliphatic heterocycles. The Morgan fingerprint density at radius 3 is 2.63 bits per heavy atom. The Kier molecular flexibility index (Phi) is 4.90. The molecule has 0 unspecified atom stereocenters. The number of rotatable bonds is 4. The molecule has 3 N–H and O–H groups in total. The minimum Gasteiger partial charge on any atom is -0.390 e. The molecular formula is C14H20O5. The topological polar surface area (TPSA) is 79.2 Å². The molecule has 2 rings (SSSR count). The molecule has 0 aromatic heterocycles. The van der Waals surface area contributed by atoms with Crippen molar-refractivity contribution < 1.29 is 24.8 Å². The minimum atomic E-state index is -1.13. The van der Waals surface area contributed by atoms with Crippen molar-refractivity contribution >= 4 is 0 Å². The molecular weight excluding hydrogens is 248 g/mol. The van der Waals surface area contributed by atoms with Gasteiger partial charge in [-0.25, -0.2) is 0 Å². The zero-order chi connectivity index (χ0) is 13.8. The maximum Gasteiger partial charge on any atom is 0.160 e. The highest BCUT2D eigenvalue weighted by Gasteiger charge is 2.41. The fourth-order valence-corrected chi connectivity index (χ4v) is 2.26. The van der Waals surface area contributed by atoms with Gasteiger partial charge in [0.05, 0.1) is 6.10 Å². The van der Waals surface area contributed by atoms with Crippen molar-refractivity contribution in [2.45, 2.75) is 44.1 Å². The van der Waals surface area contributed by atoms with Gasteiger partial charge >= 0.3 is 0 Å². The number of aliphatic hydroxyl groups excluding tert-OH is 3. The second kappa shape index (κ2) is 6.45. The SMILES string of the molecule is CCO[C@@H]1C[C@@H](O)[C@@H](O)[C@H]([C@H](O)c2ccccc2)O1. The van der Waals surface area contributed by atoms with Crippen LogP contribution in [0.1, 0.15) is 25.0 Å². The van der Waals surface area contributed by atoms with E-state index in [-0.39, 0.29) is 6.42 Å². The fraction of sp³-hybridized carbons (Fsp3) is 0.571. The van der Waals surface area contributed by atoms with Crippen LogP contribution in [0.25, 0.3) is 0 Å². The average molecular weight is 268 g/mol. The summed E-state index contributed by atoms with van der Waals surface area (Å²) < 4.78 is 10.9. The van der Waals surface area contributed by atoms with E-state index in [4.69, 9.17) is 9.47 Å². The molecule has 1 heterocycles. The predicted molar refractivity (Wildman–Crippen MR) is 68.3 cm³/mol. The molecule has 1 aromatic carbocycles. The summed E-state index contributed by atoms with van der Waals surface area (Å²) in [5.41, 5.74) is 0.635. The molecule has 0 amide bonds. The number of hydrogen-bond donors (Lipinski definition) is 3. The molecule has 0 saturated carbocycles. The number of ether oxygens (including phenoxy) is 2. The smallest absolute Gasteiger partial charge is 0.160 e. The zero-order valence-electron chi connectivity index (χ0n) is 10.8. The number of aliphatic hydroxyl groups is 3. The Hall–Kier alpha value is -0.980. The summed E-state index contributed by atoms with van der Waals surface area (Å²) in [6.07, 6.45) is -4.41. The van der Waals surface area contributed by atoms with Crippen molar-refractivity contribution in [3.63, 3.8) is 0 Å². The third-order valence-electron chi connectivity index (χ3n) is 3.28. The van der Waals surface area contributed by atoms with Crippen LogP contribution in [-0.4, -0.2) is 46.5 Å². The van der Waals surface area contributed by atoms with E-state index in [1.807, 2.05) is 13.0 Å². The van der Waals surface area contributed by atoms with E-state index in [9.17, 15) is 15.3 Å². The molecule has 5 heteroatoms. The van der Waals surface area contributed by atoms with Gasteiger partial charge in [0.2, 0.25) is 0 Å². The lowest BCUT2D eigenvalue weighted by Crippen LogP contribution is -2.51. The Morgan fingerprint density at radius 1 is 1.32 bits per heavy atom. The molecule has 0 bridgehead atoms. The largest absolute Gasteiger partial charge is 0.390 e. The van der Waals surface area contributed by atoms with Crippen LogP contribution < -0.4 is 0 Å². The minimum absolute atomic E-state index is 0.201. The van der Waals surface area contributed by atoms with Gasteiger partial charge in [0.25, 0.3) is 0 Å². The first kappa shape index (κ1) is 14.4. The number of hydrogen-bond acceptors (Lipinski definition) is 5. The molecule has 1 aliphatic rings. The molecule has 5 atom stereocenters. The van der Waals surface area contributed by atoms with Crippen LogP contribution in [0.4, 0.5) is 0 Å². The van der Waals surface area contributed by atoms with Crippen LogP contribution in [0.3, 0.4) is 0 Å². The maximum absolute atomic E-state index is 10.3. The first-order valence-corrected chi connectivity index (χ1v) is 6.49. The predicted octanol–water partition coefficient (Wildman–Crippen LogP) is 0.593. The lowest BCUT2D eigenvalue weighted by Gasteiger charge is -2.39. The summed E-state index contributed by atoms with van der Waals surface area (Å²) >= 11 is 0. The summed E-state index contributed by atoms with van der Waals surface area (Å²) in [6, 6.07) is 8.93. The van der Waals surface area contributed by atoms with Gasteiger partial charge in [-0.2, -0.15) is 0 Å². The van der Waals surface area contributed by atoms with Crippen molar-refractivity contribution in [3.8, 4) is 0 Å². The van der Waals surface area contributed by atoms with Gasteiger partial charge in [0, 0.05) is 13.0 Å². The van der Waals surface area contributed by atoms with E-state index < -0.39 is 30.7 Å². The highest BCUT2D eigenvalue weighted by Crippen LogP contribution is 2.30. The van der Waals surface area contributed by atoms with Crippen molar-refractivity contribution in [3.05, 3.63) is 35.9 Å². The van der Waals surface area contributed by atoms with Crippen LogP contribution in [0, 0.1) is 0 Å². The zero-order valence-corrected chi connectivity index (χ0v) is 10.8. The van der Waals surface area contributed by atoms with Gasteiger partial charge in [0.15, 0.2) is 6.29 Å². The molecule has 0 radical (unpaired) electrons. The highest BCUT2D eigenvalue weighted by atomic mass is 16.7. The summed E-state index contributed by atoms with van der Waals surface area (Å²) in [5.74, 6) is 0. The second-order valence-electron chi connectivity index (χ2n) is 4.63. The molecule has 5 nitrogen and oxygen atoms in total. The standard InChI is InChI=1S/C14H20O5/c1-2-18-11-8-10(15)13(17)14(19-11)12(16)9-6-4-3-5-7-9/h3-7,10-17H,2,8H2,1H3/t10-,11+,12-,13-,14+/m1/s1. The summed E-state index contributed by atoms with van der Waals surface area (Å²) in [7, 11) is 0. The fourth-order valence-electron chi connectivity index (χ4n) is 2.26. The lowest BCUT2D eigenvalue weighted by atomic mass is 9.93. The Balaban J connectivity index is 2.12. The van der Waals surface area contributed by atoms with Gasteiger partial charge in [-0.15, -0.1) is 0 Å². The van der Waals surface area contributed by atoms with Crippen LogP contribution in [0.5, 0.6) is 0 Å². The molecule has 1 fully saturated rings. The average Bonchev–Trinajstić information content (AvgIpc) is 2.43. The quantitative estimate of drug-likeness (QED) is 0.745. The summed E-state index contributed by atoms with van der Waals surface area (Å²) in [4.78, 5) is 0. The van der Waals surface area contributed by atoms with Gasteiger partial charge in [0.1, 0.15) is 18.3 Å². The van der Waals surface area contributed by atoms with E-state index in [2.05, 4.69) is 0 Å². The van der Waals surface area contributed by atoms with E-state index in [1.165, 1.54) is 0 Å². The third-order valence-corrected chi connectivity index (χ3v) is 3.28. The van der Waals surface area contributed by atoms with Crippen molar-refractivity contribution in [2.75, 3.05) is 6.61 Å².